The van der Waals surface area contributed by atoms with Crippen molar-refractivity contribution in [3.63, 3.8) is 0 Å². The molecule has 1 N–H and O–H groups in total. The van der Waals surface area contributed by atoms with Gasteiger partial charge in [0.2, 0.25) is 11.6 Å². The molecule has 12 heteroatoms. The Bertz CT molecular complexity index is 1050. The Morgan fingerprint density at radius 2 is 2.00 bits per heavy atom. The van der Waals surface area contributed by atoms with E-state index in [2.05, 4.69) is 15.5 Å². The first-order valence-electron chi connectivity index (χ1n) is 8.32. The Morgan fingerprint density at radius 3 is 2.59 bits per heavy atom. The largest absolute Gasteiger partial charge is 0.319 e. The van der Waals surface area contributed by atoms with E-state index in [4.69, 9.17) is 11.6 Å². The molecule has 9 nitrogen and oxygen atoms in total. The first kappa shape index (κ1) is 20.4. The molecule has 29 heavy (non-hydrogen) atoms. The molecule has 0 aliphatic heterocycles. The van der Waals surface area contributed by atoms with E-state index in [1.54, 1.807) is 0 Å². The predicted octanol–water partition coefficient (Wildman–Crippen LogP) is 3.57. The maximum absolute atomic E-state index is 13.0. The van der Waals surface area contributed by atoms with Gasteiger partial charge in [-0.3, -0.25) is 24.3 Å². The predicted molar refractivity (Wildman–Crippen MR) is 100.0 cm³/mol. The van der Waals surface area contributed by atoms with Crippen LogP contribution in [-0.2, 0) is 17.9 Å². The number of halogens is 3. The van der Waals surface area contributed by atoms with Gasteiger partial charge < -0.3 is 5.32 Å². The van der Waals surface area contributed by atoms with Crippen LogP contribution in [0.4, 0.5) is 20.3 Å². The van der Waals surface area contributed by atoms with Gasteiger partial charge in [-0.1, -0.05) is 41.9 Å². The van der Waals surface area contributed by atoms with Gasteiger partial charge in [-0.25, -0.2) is 8.78 Å². The standard InChI is InChI=1S/C17H15ClF2N6O3/c1-10-15(26(28)29)14(16(19)20)22-25(10)9-13(27)21-17-12(18)8-24(23-17)7-11-5-3-2-4-6-11/h2-6,8,16H,7,9H2,1H3,(H,21,23,27). The Labute approximate surface area is 168 Å². The monoisotopic (exact) mass is 424 g/mol. The summed E-state index contributed by atoms with van der Waals surface area (Å²) in [5.74, 6) is -0.584. The number of alkyl halides is 2. The third kappa shape index (κ3) is 4.57. The molecule has 0 saturated carbocycles. The molecule has 2 heterocycles. The van der Waals surface area contributed by atoms with Crippen LogP contribution >= 0.6 is 11.6 Å². The molecule has 1 aromatic carbocycles. The lowest BCUT2D eigenvalue weighted by Gasteiger charge is -2.05. The molecule has 0 saturated heterocycles. The zero-order valence-electron chi connectivity index (χ0n) is 15.1. The highest BCUT2D eigenvalue weighted by Crippen LogP contribution is 2.30. The van der Waals surface area contributed by atoms with Crippen molar-refractivity contribution in [2.45, 2.75) is 26.4 Å². The number of nitrogens with zero attached hydrogens (tertiary/aromatic N) is 5. The zero-order valence-corrected chi connectivity index (χ0v) is 15.8. The molecule has 0 aliphatic carbocycles. The number of amides is 1. The summed E-state index contributed by atoms with van der Waals surface area (Å²) in [6, 6.07) is 9.45. The average molecular weight is 425 g/mol. The highest BCUT2D eigenvalue weighted by atomic mass is 35.5. The molecule has 0 aliphatic rings. The Balaban J connectivity index is 1.73. The van der Waals surface area contributed by atoms with Crippen LogP contribution in [0.5, 0.6) is 0 Å². The number of nitrogens with one attached hydrogen (secondary N) is 1. The van der Waals surface area contributed by atoms with Gasteiger partial charge >= 0.3 is 5.69 Å². The normalized spacial score (nSPS) is 11.1. The first-order chi connectivity index (χ1) is 13.8. The van der Waals surface area contributed by atoms with E-state index in [1.807, 2.05) is 30.3 Å². The SMILES string of the molecule is Cc1c([N+](=O)[O-])c(C(F)F)nn1CC(=O)Nc1nn(Cc2ccccc2)cc1Cl. The summed E-state index contributed by atoms with van der Waals surface area (Å²) in [6.45, 7) is 1.16. The second-order valence-electron chi connectivity index (χ2n) is 6.09. The number of carbonyl (C=O) groups is 1. The fraction of sp³-hybridized carbons (Fsp3) is 0.235. The second kappa shape index (κ2) is 8.35. The lowest BCUT2D eigenvalue weighted by Crippen LogP contribution is -2.21. The van der Waals surface area contributed by atoms with Gasteiger partial charge in [-0.15, -0.1) is 0 Å². The molecule has 0 radical (unpaired) electrons. The summed E-state index contributed by atoms with van der Waals surface area (Å²) in [4.78, 5) is 22.4. The zero-order chi connectivity index (χ0) is 21.1. The van der Waals surface area contributed by atoms with Crippen LogP contribution in [0, 0.1) is 17.0 Å². The van der Waals surface area contributed by atoms with Crippen molar-refractivity contribution in [3.05, 3.63) is 68.6 Å². The third-order valence-electron chi connectivity index (χ3n) is 4.05. The van der Waals surface area contributed by atoms with Crippen LogP contribution in [-0.4, -0.2) is 30.4 Å². The van der Waals surface area contributed by atoms with Crippen molar-refractivity contribution in [1.29, 1.82) is 0 Å². The molecule has 2 aromatic heterocycles. The topological polar surface area (TPSA) is 108 Å². The summed E-state index contributed by atoms with van der Waals surface area (Å²) in [6.07, 6.45) is -1.61. The van der Waals surface area contributed by atoms with E-state index in [9.17, 15) is 23.7 Å². The smallest absolute Gasteiger partial charge is 0.306 e. The number of hydrogen-bond acceptors (Lipinski definition) is 5. The van der Waals surface area contributed by atoms with Crippen molar-refractivity contribution in [2.75, 3.05) is 5.32 Å². The number of hydrogen-bond donors (Lipinski definition) is 1. The van der Waals surface area contributed by atoms with E-state index in [-0.39, 0.29) is 16.5 Å². The van der Waals surface area contributed by atoms with Gasteiger partial charge in [0.25, 0.3) is 6.43 Å². The van der Waals surface area contributed by atoms with Crippen LogP contribution in [0.25, 0.3) is 0 Å². The number of carbonyl (C=O) groups excluding carboxylic acids is 1. The van der Waals surface area contributed by atoms with Gasteiger partial charge in [0.1, 0.15) is 17.3 Å². The number of nitro groups is 1. The minimum absolute atomic E-state index is 0.0842. The van der Waals surface area contributed by atoms with Crippen LogP contribution in [0.1, 0.15) is 23.4 Å². The summed E-state index contributed by atoms with van der Waals surface area (Å²) in [5.41, 5.74) is -0.965. The number of anilines is 1. The second-order valence-corrected chi connectivity index (χ2v) is 6.50. The fourth-order valence-corrected chi connectivity index (χ4v) is 2.93. The lowest BCUT2D eigenvalue weighted by molar-refractivity contribution is -0.386. The van der Waals surface area contributed by atoms with E-state index < -0.39 is 35.2 Å². The summed E-state index contributed by atoms with van der Waals surface area (Å²) in [7, 11) is 0. The van der Waals surface area contributed by atoms with Crippen LogP contribution < -0.4 is 5.32 Å². The van der Waals surface area contributed by atoms with Crippen molar-refractivity contribution in [2.24, 2.45) is 0 Å². The Morgan fingerprint density at radius 1 is 1.31 bits per heavy atom. The van der Waals surface area contributed by atoms with Gasteiger partial charge in [-0.2, -0.15) is 10.2 Å². The summed E-state index contributed by atoms with van der Waals surface area (Å²) < 4.78 is 28.4. The van der Waals surface area contributed by atoms with E-state index in [1.165, 1.54) is 17.8 Å². The minimum atomic E-state index is -3.14. The molecule has 0 fully saturated rings. The van der Waals surface area contributed by atoms with E-state index in [0.29, 0.717) is 6.54 Å². The van der Waals surface area contributed by atoms with Crippen molar-refractivity contribution >= 4 is 29.0 Å². The van der Waals surface area contributed by atoms with Gasteiger partial charge in [-0.05, 0) is 12.5 Å². The number of rotatable bonds is 7. The first-order valence-corrected chi connectivity index (χ1v) is 8.70. The summed E-state index contributed by atoms with van der Waals surface area (Å²) >= 11 is 6.09. The molecule has 3 aromatic rings. The molecule has 1 amide bonds. The highest BCUT2D eigenvalue weighted by Gasteiger charge is 2.31. The Kier molecular flexibility index (Phi) is 5.87. The maximum Gasteiger partial charge on any atom is 0.319 e. The van der Waals surface area contributed by atoms with Gasteiger partial charge in [0.05, 0.1) is 11.5 Å². The third-order valence-corrected chi connectivity index (χ3v) is 4.32. The number of benzene rings is 1. The molecule has 0 atom stereocenters. The van der Waals surface area contributed by atoms with Crippen LogP contribution in [0.2, 0.25) is 5.02 Å². The van der Waals surface area contributed by atoms with Crippen molar-refractivity contribution in [3.8, 4) is 0 Å². The van der Waals surface area contributed by atoms with Crippen molar-refractivity contribution in [1.82, 2.24) is 19.6 Å². The van der Waals surface area contributed by atoms with Crippen molar-refractivity contribution < 1.29 is 18.5 Å². The average Bonchev–Trinajstić information content (AvgIpc) is 3.16. The molecule has 152 valence electrons. The molecule has 0 spiro atoms. The summed E-state index contributed by atoms with van der Waals surface area (Å²) in [5, 5.41) is 21.4. The van der Waals surface area contributed by atoms with E-state index >= 15 is 0 Å². The lowest BCUT2D eigenvalue weighted by atomic mass is 10.2. The molecule has 0 bridgehead atoms. The highest BCUT2D eigenvalue weighted by molar-refractivity contribution is 6.33. The quantitative estimate of drug-likeness (QED) is 0.460. The fourth-order valence-electron chi connectivity index (χ4n) is 2.73. The molecule has 3 rings (SSSR count). The van der Waals surface area contributed by atoms with Crippen LogP contribution in [0.15, 0.2) is 36.5 Å². The maximum atomic E-state index is 13.0. The van der Waals surface area contributed by atoms with E-state index in [0.717, 1.165) is 10.2 Å². The molecular formula is C17H15ClF2N6O3. The number of aromatic nitrogens is 4. The van der Waals surface area contributed by atoms with Crippen LogP contribution in [0.3, 0.4) is 0 Å². The molecule has 0 unspecified atom stereocenters. The Hall–Kier alpha value is -3.34. The minimum Gasteiger partial charge on any atom is -0.306 e. The van der Waals surface area contributed by atoms with Gasteiger partial charge in [0.15, 0.2) is 5.82 Å². The van der Waals surface area contributed by atoms with Gasteiger partial charge in [0, 0.05) is 6.20 Å². The molecular weight excluding hydrogens is 410 g/mol.